The van der Waals surface area contributed by atoms with Gasteiger partial charge in [0.2, 0.25) is 0 Å². The van der Waals surface area contributed by atoms with Gasteiger partial charge in [0.25, 0.3) is 5.92 Å². The quantitative estimate of drug-likeness (QED) is 0.529. The molecule has 2 atom stereocenters. The summed E-state index contributed by atoms with van der Waals surface area (Å²) in [5, 5.41) is 8.83. The van der Waals surface area contributed by atoms with Crippen LogP contribution in [0.3, 0.4) is 0 Å². The lowest BCUT2D eigenvalue weighted by molar-refractivity contribution is -0.138. The SMILES string of the molecule is N[C@@H]1CCCC(F)(F)[C@@H]1O. The molecule has 4 heteroatoms. The van der Waals surface area contributed by atoms with Crippen LogP contribution in [-0.2, 0) is 0 Å². The monoisotopic (exact) mass is 151 g/mol. The molecule has 0 bridgehead atoms. The Hall–Kier alpha value is -0.220. The first kappa shape index (κ1) is 7.88. The molecule has 0 spiro atoms. The van der Waals surface area contributed by atoms with Gasteiger partial charge in [-0.2, -0.15) is 0 Å². The zero-order valence-electron chi connectivity index (χ0n) is 5.56. The summed E-state index contributed by atoms with van der Waals surface area (Å²) >= 11 is 0. The van der Waals surface area contributed by atoms with Crippen molar-refractivity contribution in [2.45, 2.75) is 37.3 Å². The Kier molecular flexibility index (Phi) is 1.92. The Labute approximate surface area is 58.0 Å². The van der Waals surface area contributed by atoms with Crippen molar-refractivity contribution in [1.29, 1.82) is 0 Å². The van der Waals surface area contributed by atoms with Gasteiger partial charge in [0.05, 0.1) is 0 Å². The van der Waals surface area contributed by atoms with Gasteiger partial charge in [-0.05, 0) is 12.8 Å². The predicted octanol–water partition coefficient (Wildman–Crippen LogP) is 0.494. The summed E-state index contributed by atoms with van der Waals surface area (Å²) in [5.74, 6) is -2.96. The molecule has 0 radical (unpaired) electrons. The summed E-state index contributed by atoms with van der Waals surface area (Å²) in [5.41, 5.74) is 5.22. The number of nitrogens with two attached hydrogens (primary N) is 1. The molecule has 10 heavy (non-hydrogen) atoms. The molecule has 0 unspecified atom stereocenters. The van der Waals surface area contributed by atoms with Gasteiger partial charge in [-0.1, -0.05) is 0 Å². The molecule has 0 aliphatic heterocycles. The average Bonchev–Trinajstić information content (AvgIpc) is 1.83. The molecule has 3 N–H and O–H groups in total. The maximum atomic E-state index is 12.5. The highest BCUT2D eigenvalue weighted by Crippen LogP contribution is 2.32. The maximum absolute atomic E-state index is 12.5. The molecule has 1 fully saturated rings. The van der Waals surface area contributed by atoms with E-state index in [0.717, 1.165) is 0 Å². The Morgan fingerprint density at radius 1 is 1.50 bits per heavy atom. The van der Waals surface area contributed by atoms with Crippen molar-refractivity contribution in [3.05, 3.63) is 0 Å². The van der Waals surface area contributed by atoms with Gasteiger partial charge in [0.1, 0.15) is 6.10 Å². The highest BCUT2D eigenvalue weighted by atomic mass is 19.3. The summed E-state index contributed by atoms with van der Waals surface area (Å²) < 4.78 is 25.0. The van der Waals surface area contributed by atoms with E-state index in [-0.39, 0.29) is 6.42 Å². The van der Waals surface area contributed by atoms with E-state index >= 15 is 0 Å². The first-order chi connectivity index (χ1) is 4.54. The molecule has 0 amide bonds. The van der Waals surface area contributed by atoms with E-state index in [1.54, 1.807) is 0 Å². The van der Waals surface area contributed by atoms with E-state index < -0.39 is 18.1 Å². The molecule has 1 aliphatic carbocycles. The molecule has 0 aromatic heterocycles. The number of halogens is 2. The van der Waals surface area contributed by atoms with Crippen molar-refractivity contribution in [2.24, 2.45) is 5.73 Å². The Bertz CT molecular complexity index is 129. The van der Waals surface area contributed by atoms with Gasteiger partial charge in [-0.15, -0.1) is 0 Å². The third-order valence-electron chi connectivity index (χ3n) is 1.89. The van der Waals surface area contributed by atoms with Gasteiger partial charge < -0.3 is 10.8 Å². The van der Waals surface area contributed by atoms with Crippen LogP contribution in [-0.4, -0.2) is 23.2 Å². The summed E-state index contributed by atoms with van der Waals surface area (Å²) in [4.78, 5) is 0. The van der Waals surface area contributed by atoms with Crippen molar-refractivity contribution >= 4 is 0 Å². The topological polar surface area (TPSA) is 46.2 Å². The fourth-order valence-electron chi connectivity index (χ4n) is 1.19. The fraction of sp³-hybridized carbons (Fsp3) is 1.00. The predicted molar refractivity (Wildman–Crippen MR) is 32.8 cm³/mol. The second-order valence-electron chi connectivity index (χ2n) is 2.76. The lowest BCUT2D eigenvalue weighted by atomic mass is 9.90. The van der Waals surface area contributed by atoms with Crippen molar-refractivity contribution in [3.8, 4) is 0 Å². The minimum Gasteiger partial charge on any atom is -0.385 e. The molecule has 2 nitrogen and oxygen atoms in total. The highest BCUT2D eigenvalue weighted by Gasteiger charge is 2.44. The Morgan fingerprint density at radius 3 is 2.50 bits per heavy atom. The van der Waals surface area contributed by atoms with Gasteiger partial charge in [0.15, 0.2) is 0 Å². The largest absolute Gasteiger partial charge is 0.385 e. The maximum Gasteiger partial charge on any atom is 0.274 e. The molecule has 1 rings (SSSR count). The van der Waals surface area contributed by atoms with E-state index in [1.165, 1.54) is 0 Å². The second kappa shape index (κ2) is 2.43. The highest BCUT2D eigenvalue weighted by molar-refractivity contribution is 4.89. The molecule has 1 saturated carbocycles. The molecular weight excluding hydrogens is 140 g/mol. The van der Waals surface area contributed by atoms with Crippen LogP contribution in [0.5, 0.6) is 0 Å². The first-order valence-corrected chi connectivity index (χ1v) is 3.35. The lowest BCUT2D eigenvalue weighted by Gasteiger charge is -2.31. The van der Waals surface area contributed by atoms with Crippen molar-refractivity contribution < 1.29 is 13.9 Å². The van der Waals surface area contributed by atoms with Crippen LogP contribution in [0.1, 0.15) is 19.3 Å². The lowest BCUT2D eigenvalue weighted by Crippen LogP contribution is -2.50. The number of aliphatic hydroxyl groups is 1. The standard InChI is InChI=1S/C6H11F2NO/c7-6(8)3-1-2-4(9)5(6)10/h4-5,10H,1-3,9H2/t4-,5-/m1/s1. The minimum absolute atomic E-state index is 0.234. The van der Waals surface area contributed by atoms with Crippen molar-refractivity contribution in [2.75, 3.05) is 0 Å². The summed E-state index contributed by atoms with van der Waals surface area (Å²) in [6, 6.07) is -0.747. The third kappa shape index (κ3) is 1.27. The number of hydrogen-bond donors (Lipinski definition) is 2. The second-order valence-corrected chi connectivity index (χ2v) is 2.76. The zero-order valence-corrected chi connectivity index (χ0v) is 5.56. The summed E-state index contributed by atoms with van der Waals surface area (Å²) in [7, 11) is 0. The molecule has 0 aromatic carbocycles. The van der Waals surface area contributed by atoms with Crippen LogP contribution in [0.2, 0.25) is 0 Å². The smallest absolute Gasteiger partial charge is 0.274 e. The average molecular weight is 151 g/mol. The molecule has 0 aromatic rings. The van der Waals surface area contributed by atoms with Gasteiger partial charge in [-0.3, -0.25) is 0 Å². The molecule has 0 saturated heterocycles. The molecular formula is C6H11F2NO. The van der Waals surface area contributed by atoms with Crippen LogP contribution in [0.25, 0.3) is 0 Å². The molecule has 60 valence electrons. The molecule has 0 heterocycles. The van der Waals surface area contributed by atoms with E-state index in [2.05, 4.69) is 0 Å². The summed E-state index contributed by atoms with van der Waals surface area (Å²) in [6.07, 6.45) is -0.967. The number of hydrogen-bond acceptors (Lipinski definition) is 2. The zero-order chi connectivity index (χ0) is 7.78. The number of alkyl halides is 2. The van der Waals surface area contributed by atoms with Crippen LogP contribution in [0, 0.1) is 0 Å². The molecule has 1 aliphatic rings. The normalized spacial score (nSPS) is 39.6. The Morgan fingerprint density at radius 2 is 2.10 bits per heavy atom. The van der Waals surface area contributed by atoms with E-state index in [0.29, 0.717) is 12.8 Å². The number of rotatable bonds is 0. The van der Waals surface area contributed by atoms with Gasteiger partial charge in [0, 0.05) is 12.5 Å². The van der Waals surface area contributed by atoms with Crippen molar-refractivity contribution in [3.63, 3.8) is 0 Å². The Balaban J connectivity index is 2.60. The van der Waals surface area contributed by atoms with E-state index in [1.807, 2.05) is 0 Å². The fourth-order valence-corrected chi connectivity index (χ4v) is 1.19. The van der Waals surface area contributed by atoms with E-state index in [4.69, 9.17) is 10.8 Å². The minimum atomic E-state index is -2.96. The van der Waals surface area contributed by atoms with E-state index in [9.17, 15) is 8.78 Å². The van der Waals surface area contributed by atoms with Crippen LogP contribution >= 0.6 is 0 Å². The van der Waals surface area contributed by atoms with Crippen molar-refractivity contribution in [1.82, 2.24) is 0 Å². The van der Waals surface area contributed by atoms with Crippen LogP contribution in [0.15, 0.2) is 0 Å². The summed E-state index contributed by atoms with van der Waals surface area (Å²) in [6.45, 7) is 0. The van der Waals surface area contributed by atoms with Gasteiger partial charge >= 0.3 is 0 Å². The van der Waals surface area contributed by atoms with Crippen LogP contribution < -0.4 is 5.73 Å². The first-order valence-electron chi connectivity index (χ1n) is 3.35. The number of aliphatic hydroxyl groups excluding tert-OH is 1. The van der Waals surface area contributed by atoms with Crippen LogP contribution in [0.4, 0.5) is 8.78 Å². The van der Waals surface area contributed by atoms with Gasteiger partial charge in [-0.25, -0.2) is 8.78 Å². The third-order valence-corrected chi connectivity index (χ3v) is 1.89.